The lowest BCUT2D eigenvalue weighted by molar-refractivity contribution is 0.0137. The van der Waals surface area contributed by atoms with Gasteiger partial charge in [-0.15, -0.1) is 0 Å². The Kier molecular flexibility index (Phi) is 5.13. The van der Waals surface area contributed by atoms with Gasteiger partial charge in [0.2, 0.25) is 0 Å². The number of ether oxygens (including phenoxy) is 1. The van der Waals surface area contributed by atoms with Crippen LogP contribution in [0.15, 0.2) is 24.3 Å². The van der Waals surface area contributed by atoms with E-state index in [9.17, 15) is 4.79 Å². The summed E-state index contributed by atoms with van der Waals surface area (Å²) in [5.74, 6) is 1.47. The largest absolute Gasteiger partial charge is 0.444 e. The van der Waals surface area contributed by atoms with Crippen LogP contribution in [0, 0.1) is 0 Å². The molecule has 0 spiro atoms. The van der Waals surface area contributed by atoms with Crippen molar-refractivity contribution < 1.29 is 9.53 Å². The summed E-state index contributed by atoms with van der Waals surface area (Å²) in [5.41, 5.74) is 6.88. The molecule has 3 rings (SSSR count). The van der Waals surface area contributed by atoms with Crippen LogP contribution in [0.25, 0.3) is 11.4 Å². The van der Waals surface area contributed by atoms with Crippen molar-refractivity contribution in [2.24, 2.45) is 0 Å². The first-order chi connectivity index (χ1) is 12.3. The molecule has 8 nitrogen and oxygen atoms in total. The summed E-state index contributed by atoms with van der Waals surface area (Å²) in [5, 5.41) is 7.27. The van der Waals surface area contributed by atoms with Gasteiger partial charge in [-0.05, 0) is 45.0 Å². The molecule has 0 saturated carbocycles. The van der Waals surface area contributed by atoms with Crippen molar-refractivity contribution in [1.82, 2.24) is 25.0 Å². The first kappa shape index (κ1) is 18.2. The Balaban J connectivity index is 1.52. The van der Waals surface area contributed by atoms with Crippen LogP contribution in [-0.4, -0.2) is 62.9 Å². The van der Waals surface area contributed by atoms with E-state index in [-0.39, 0.29) is 6.09 Å². The van der Waals surface area contributed by atoms with Gasteiger partial charge in [0.15, 0.2) is 5.82 Å². The number of carbonyl (C=O) groups excluding carboxylic acids is 1. The van der Waals surface area contributed by atoms with Gasteiger partial charge >= 0.3 is 6.09 Å². The number of nitrogen functional groups attached to an aromatic ring is 1. The Morgan fingerprint density at radius 1 is 1.19 bits per heavy atom. The lowest BCUT2D eigenvalue weighted by atomic mass is 10.2. The van der Waals surface area contributed by atoms with Crippen molar-refractivity contribution in [2.45, 2.75) is 32.9 Å². The van der Waals surface area contributed by atoms with Gasteiger partial charge in [0, 0.05) is 37.4 Å². The zero-order valence-electron chi connectivity index (χ0n) is 15.5. The molecule has 0 bridgehead atoms. The smallest absolute Gasteiger partial charge is 0.410 e. The molecule has 1 aromatic heterocycles. The predicted molar refractivity (Wildman–Crippen MR) is 99.3 cm³/mol. The highest BCUT2D eigenvalue weighted by Gasteiger charge is 2.26. The number of aromatic nitrogens is 3. The van der Waals surface area contributed by atoms with Gasteiger partial charge < -0.3 is 15.4 Å². The van der Waals surface area contributed by atoms with E-state index < -0.39 is 5.60 Å². The minimum Gasteiger partial charge on any atom is -0.444 e. The van der Waals surface area contributed by atoms with Crippen LogP contribution in [0.4, 0.5) is 10.5 Å². The number of amides is 1. The second-order valence-electron chi connectivity index (χ2n) is 7.47. The summed E-state index contributed by atoms with van der Waals surface area (Å²) in [7, 11) is 0. The number of nitrogens with one attached hydrogen (secondary N) is 1. The Hall–Kier alpha value is -2.61. The number of nitrogens with zero attached hydrogens (tertiary/aromatic N) is 4. The Morgan fingerprint density at radius 2 is 1.85 bits per heavy atom. The molecule has 2 heterocycles. The highest BCUT2D eigenvalue weighted by Crippen LogP contribution is 2.17. The quantitative estimate of drug-likeness (QED) is 0.815. The van der Waals surface area contributed by atoms with Gasteiger partial charge in [0.05, 0.1) is 6.54 Å². The fourth-order valence-corrected chi connectivity index (χ4v) is 2.75. The van der Waals surface area contributed by atoms with Crippen molar-refractivity contribution >= 4 is 11.8 Å². The highest BCUT2D eigenvalue weighted by atomic mass is 16.6. The van der Waals surface area contributed by atoms with E-state index in [2.05, 4.69) is 20.1 Å². The summed E-state index contributed by atoms with van der Waals surface area (Å²) >= 11 is 0. The number of anilines is 1. The third-order valence-electron chi connectivity index (χ3n) is 4.10. The number of hydrogen-bond donors (Lipinski definition) is 2. The van der Waals surface area contributed by atoms with Crippen LogP contribution in [0.2, 0.25) is 0 Å². The van der Waals surface area contributed by atoms with E-state index in [4.69, 9.17) is 10.5 Å². The maximum atomic E-state index is 12.1. The molecule has 0 atom stereocenters. The Labute approximate surface area is 153 Å². The predicted octanol–water partition coefficient (Wildman–Crippen LogP) is 2.11. The van der Waals surface area contributed by atoms with Crippen LogP contribution < -0.4 is 5.73 Å². The lowest BCUT2D eigenvalue weighted by Gasteiger charge is -2.35. The van der Waals surface area contributed by atoms with Gasteiger partial charge in [-0.25, -0.2) is 9.78 Å². The van der Waals surface area contributed by atoms with Gasteiger partial charge in [-0.2, -0.15) is 5.10 Å². The summed E-state index contributed by atoms with van der Waals surface area (Å²) in [6.45, 7) is 9.15. The molecule has 0 unspecified atom stereocenters. The van der Waals surface area contributed by atoms with E-state index in [1.807, 2.05) is 45.0 Å². The molecule has 1 fully saturated rings. The second-order valence-corrected chi connectivity index (χ2v) is 7.47. The van der Waals surface area contributed by atoms with Crippen molar-refractivity contribution in [3.05, 3.63) is 30.1 Å². The number of H-pyrrole nitrogens is 1. The van der Waals surface area contributed by atoms with E-state index in [1.165, 1.54) is 0 Å². The molecule has 2 aromatic rings. The number of carbonyl (C=O) groups is 1. The Bertz CT molecular complexity index is 742. The summed E-state index contributed by atoms with van der Waals surface area (Å²) < 4.78 is 5.42. The first-order valence-corrected chi connectivity index (χ1v) is 8.78. The highest BCUT2D eigenvalue weighted by molar-refractivity contribution is 5.68. The van der Waals surface area contributed by atoms with E-state index in [0.717, 1.165) is 24.5 Å². The van der Waals surface area contributed by atoms with Crippen LogP contribution in [0.5, 0.6) is 0 Å². The van der Waals surface area contributed by atoms with Gasteiger partial charge in [0.25, 0.3) is 0 Å². The molecule has 1 aliphatic heterocycles. The van der Waals surface area contributed by atoms with Crippen LogP contribution >= 0.6 is 0 Å². The van der Waals surface area contributed by atoms with E-state index in [0.29, 0.717) is 31.1 Å². The van der Waals surface area contributed by atoms with E-state index in [1.54, 1.807) is 4.90 Å². The minimum atomic E-state index is -0.466. The third-order valence-corrected chi connectivity index (χ3v) is 4.10. The molecule has 8 heteroatoms. The summed E-state index contributed by atoms with van der Waals surface area (Å²) in [4.78, 5) is 20.7. The molecule has 0 radical (unpaired) electrons. The van der Waals surface area contributed by atoms with Crippen molar-refractivity contribution in [2.75, 3.05) is 31.9 Å². The molecule has 140 valence electrons. The monoisotopic (exact) mass is 358 g/mol. The molecule has 1 saturated heterocycles. The van der Waals surface area contributed by atoms with Crippen LogP contribution in [-0.2, 0) is 11.3 Å². The number of piperazine rings is 1. The molecule has 26 heavy (non-hydrogen) atoms. The molecule has 1 amide bonds. The SMILES string of the molecule is CC(C)(C)OC(=O)N1CCN(Cc2nc(-c3ccc(N)cc3)n[nH]2)CC1. The molecular formula is C18H26N6O2. The zero-order chi connectivity index (χ0) is 18.7. The average Bonchev–Trinajstić information content (AvgIpc) is 3.03. The number of rotatable bonds is 3. The van der Waals surface area contributed by atoms with Crippen molar-refractivity contribution in [3.8, 4) is 11.4 Å². The maximum Gasteiger partial charge on any atom is 0.410 e. The normalized spacial score (nSPS) is 15.9. The molecule has 3 N–H and O–H groups in total. The van der Waals surface area contributed by atoms with Crippen LogP contribution in [0.1, 0.15) is 26.6 Å². The summed E-state index contributed by atoms with van der Waals surface area (Å²) in [6.07, 6.45) is -0.248. The third kappa shape index (κ3) is 4.72. The fourth-order valence-electron chi connectivity index (χ4n) is 2.75. The second kappa shape index (κ2) is 7.33. The molecule has 0 aliphatic carbocycles. The number of aromatic amines is 1. The molecular weight excluding hydrogens is 332 g/mol. The average molecular weight is 358 g/mol. The maximum absolute atomic E-state index is 12.1. The molecule has 1 aromatic carbocycles. The molecule has 1 aliphatic rings. The first-order valence-electron chi connectivity index (χ1n) is 8.78. The Morgan fingerprint density at radius 3 is 2.46 bits per heavy atom. The standard InChI is InChI=1S/C18H26N6O2/c1-18(2,3)26-17(25)24-10-8-23(9-11-24)12-15-20-16(22-21-15)13-4-6-14(19)7-5-13/h4-7H,8-12,19H2,1-3H3,(H,20,21,22). The topological polar surface area (TPSA) is 100 Å². The van der Waals surface area contributed by atoms with Crippen molar-refractivity contribution in [1.29, 1.82) is 0 Å². The minimum absolute atomic E-state index is 0.248. The zero-order valence-corrected chi connectivity index (χ0v) is 15.5. The van der Waals surface area contributed by atoms with Gasteiger partial charge in [-0.3, -0.25) is 10.00 Å². The number of nitrogens with two attached hydrogens (primary N) is 1. The number of hydrogen-bond acceptors (Lipinski definition) is 6. The summed E-state index contributed by atoms with van der Waals surface area (Å²) in [6, 6.07) is 7.48. The van der Waals surface area contributed by atoms with Crippen molar-refractivity contribution in [3.63, 3.8) is 0 Å². The number of benzene rings is 1. The fraction of sp³-hybridized carbons (Fsp3) is 0.500. The van der Waals surface area contributed by atoms with Crippen LogP contribution in [0.3, 0.4) is 0 Å². The van der Waals surface area contributed by atoms with Gasteiger partial charge in [0.1, 0.15) is 11.4 Å². The van der Waals surface area contributed by atoms with E-state index >= 15 is 0 Å². The lowest BCUT2D eigenvalue weighted by Crippen LogP contribution is -2.49. The van der Waals surface area contributed by atoms with Gasteiger partial charge in [-0.1, -0.05) is 0 Å².